The molecule has 0 aliphatic rings. The van der Waals surface area contributed by atoms with Crippen molar-refractivity contribution in [2.75, 3.05) is 0 Å². The molecule has 0 saturated heterocycles. The summed E-state index contributed by atoms with van der Waals surface area (Å²) in [6.07, 6.45) is 7.49. The van der Waals surface area contributed by atoms with Crippen molar-refractivity contribution in [1.29, 1.82) is 0 Å². The van der Waals surface area contributed by atoms with Crippen molar-refractivity contribution in [1.82, 2.24) is 0 Å². The Morgan fingerprint density at radius 1 is 1.25 bits per heavy atom. The van der Waals surface area contributed by atoms with E-state index in [4.69, 9.17) is 0 Å². The lowest BCUT2D eigenvalue weighted by molar-refractivity contribution is 0.499. The number of allylic oxidation sites excluding steroid dienone is 1. The van der Waals surface area contributed by atoms with Crippen LogP contribution in [0.3, 0.4) is 0 Å². The van der Waals surface area contributed by atoms with Gasteiger partial charge in [0.2, 0.25) is 0 Å². The van der Waals surface area contributed by atoms with Crippen LogP contribution in [0.4, 0.5) is 0 Å². The Morgan fingerprint density at radius 2 is 1.92 bits per heavy atom. The first kappa shape index (κ1) is 11.7. The zero-order chi connectivity index (χ0) is 9.40. The summed E-state index contributed by atoms with van der Waals surface area (Å²) >= 11 is 0. The summed E-state index contributed by atoms with van der Waals surface area (Å²) in [5.41, 5.74) is 1.34. The quantitative estimate of drug-likeness (QED) is 0.390. The van der Waals surface area contributed by atoms with Crippen molar-refractivity contribution in [3.05, 3.63) is 19.1 Å². The molecule has 0 N–H and O–H groups in total. The molecule has 1 unspecified atom stereocenters. The molecule has 0 aliphatic heterocycles. The largest absolute Gasteiger partial charge is 0.0996 e. The van der Waals surface area contributed by atoms with E-state index >= 15 is 0 Å². The Morgan fingerprint density at radius 3 is 2.33 bits per heavy atom. The lowest BCUT2D eigenvalue weighted by Gasteiger charge is -2.15. The minimum absolute atomic E-state index is 0.731. The zero-order valence-electron chi connectivity index (χ0n) is 8.73. The molecule has 1 atom stereocenters. The fourth-order valence-corrected chi connectivity index (χ4v) is 1.54. The summed E-state index contributed by atoms with van der Waals surface area (Å²) in [6.45, 7) is 12.4. The fraction of sp³-hybridized carbons (Fsp3) is 0.750. The third-order valence-corrected chi connectivity index (χ3v) is 2.55. The first-order valence-corrected chi connectivity index (χ1v) is 5.23. The Kier molecular flexibility index (Phi) is 7.23. The van der Waals surface area contributed by atoms with E-state index in [2.05, 4.69) is 27.4 Å². The first-order valence-electron chi connectivity index (χ1n) is 5.23. The van der Waals surface area contributed by atoms with E-state index in [0.717, 1.165) is 12.3 Å². The Balaban J connectivity index is 3.60. The molecule has 0 nitrogen and oxygen atoms in total. The van der Waals surface area contributed by atoms with Gasteiger partial charge in [0.1, 0.15) is 0 Å². The SMILES string of the molecule is [CH2]CC(=C)C(CC)CCCCC. The summed E-state index contributed by atoms with van der Waals surface area (Å²) in [7, 11) is 0. The van der Waals surface area contributed by atoms with E-state index < -0.39 is 0 Å². The van der Waals surface area contributed by atoms with Gasteiger partial charge in [0.25, 0.3) is 0 Å². The van der Waals surface area contributed by atoms with Gasteiger partial charge in [-0.3, -0.25) is 0 Å². The standard InChI is InChI=1S/C12H23/c1-5-8-9-10-12(7-3)11(4)6-2/h12H,2,4-10H2,1,3H3. The lowest BCUT2D eigenvalue weighted by atomic mass is 9.90. The first-order chi connectivity index (χ1) is 5.76. The van der Waals surface area contributed by atoms with Gasteiger partial charge in [-0.05, 0) is 32.1 Å². The molecule has 0 rings (SSSR count). The molecule has 0 heterocycles. The second-order valence-corrected chi connectivity index (χ2v) is 3.51. The van der Waals surface area contributed by atoms with Gasteiger partial charge < -0.3 is 0 Å². The second kappa shape index (κ2) is 7.39. The monoisotopic (exact) mass is 167 g/mol. The van der Waals surface area contributed by atoms with Crippen molar-refractivity contribution in [3.8, 4) is 0 Å². The van der Waals surface area contributed by atoms with Gasteiger partial charge in [-0.2, -0.15) is 0 Å². The summed E-state index contributed by atoms with van der Waals surface area (Å²) in [6, 6.07) is 0. The Hall–Kier alpha value is -0.260. The van der Waals surface area contributed by atoms with Crippen LogP contribution in [0.1, 0.15) is 52.4 Å². The molecule has 71 valence electrons. The number of unbranched alkanes of at least 4 members (excludes halogenated alkanes) is 2. The molecule has 0 aliphatic carbocycles. The van der Waals surface area contributed by atoms with Crippen molar-refractivity contribution in [2.24, 2.45) is 5.92 Å². The molecule has 0 saturated carbocycles. The van der Waals surface area contributed by atoms with Crippen LogP contribution in [0.15, 0.2) is 12.2 Å². The molecule has 0 aromatic heterocycles. The van der Waals surface area contributed by atoms with Crippen LogP contribution >= 0.6 is 0 Å². The van der Waals surface area contributed by atoms with Crippen molar-refractivity contribution < 1.29 is 0 Å². The summed E-state index contributed by atoms with van der Waals surface area (Å²) in [4.78, 5) is 0. The van der Waals surface area contributed by atoms with Crippen LogP contribution in [0.2, 0.25) is 0 Å². The highest BCUT2D eigenvalue weighted by Gasteiger charge is 2.07. The topological polar surface area (TPSA) is 0 Å². The molecule has 0 fully saturated rings. The van der Waals surface area contributed by atoms with E-state index in [1.807, 2.05) is 0 Å². The molecule has 0 aromatic carbocycles. The van der Waals surface area contributed by atoms with Gasteiger partial charge in [-0.1, -0.05) is 45.3 Å². The highest BCUT2D eigenvalue weighted by atomic mass is 14.1. The normalized spacial score (nSPS) is 12.9. The van der Waals surface area contributed by atoms with Gasteiger partial charge in [-0.15, -0.1) is 0 Å². The van der Waals surface area contributed by atoms with E-state index in [1.165, 1.54) is 37.7 Å². The number of hydrogen-bond donors (Lipinski definition) is 0. The second-order valence-electron chi connectivity index (χ2n) is 3.51. The summed E-state index contributed by atoms with van der Waals surface area (Å²) in [5.74, 6) is 0.731. The molecule has 0 amide bonds. The van der Waals surface area contributed by atoms with Crippen molar-refractivity contribution in [2.45, 2.75) is 52.4 Å². The molecule has 12 heavy (non-hydrogen) atoms. The average molecular weight is 167 g/mol. The summed E-state index contributed by atoms with van der Waals surface area (Å²) < 4.78 is 0. The molecule has 0 spiro atoms. The number of rotatable bonds is 7. The third kappa shape index (κ3) is 4.58. The Labute approximate surface area is 78.1 Å². The molecule has 0 aromatic rings. The van der Waals surface area contributed by atoms with Gasteiger partial charge >= 0.3 is 0 Å². The van der Waals surface area contributed by atoms with E-state index in [0.29, 0.717) is 0 Å². The molecule has 0 bridgehead atoms. The predicted molar refractivity (Wildman–Crippen MR) is 57.0 cm³/mol. The smallest absolute Gasteiger partial charge is 0.0209 e. The van der Waals surface area contributed by atoms with Crippen LogP contribution < -0.4 is 0 Å². The van der Waals surface area contributed by atoms with Crippen LogP contribution in [0.5, 0.6) is 0 Å². The van der Waals surface area contributed by atoms with Crippen molar-refractivity contribution in [3.63, 3.8) is 0 Å². The summed E-state index contributed by atoms with van der Waals surface area (Å²) in [5, 5.41) is 0. The van der Waals surface area contributed by atoms with Gasteiger partial charge in [0, 0.05) is 0 Å². The number of hydrogen-bond acceptors (Lipinski definition) is 0. The molecule has 1 radical (unpaired) electrons. The van der Waals surface area contributed by atoms with Gasteiger partial charge in [0.15, 0.2) is 0 Å². The maximum atomic E-state index is 4.06. The van der Waals surface area contributed by atoms with Crippen LogP contribution in [0, 0.1) is 12.8 Å². The van der Waals surface area contributed by atoms with Crippen molar-refractivity contribution >= 4 is 0 Å². The predicted octanol–water partition coefficient (Wildman–Crippen LogP) is 4.37. The van der Waals surface area contributed by atoms with E-state index in [-0.39, 0.29) is 0 Å². The van der Waals surface area contributed by atoms with E-state index in [9.17, 15) is 0 Å². The fourth-order valence-electron chi connectivity index (χ4n) is 1.54. The maximum Gasteiger partial charge on any atom is -0.0209 e. The minimum Gasteiger partial charge on any atom is -0.0996 e. The zero-order valence-corrected chi connectivity index (χ0v) is 8.73. The Bertz CT molecular complexity index is 113. The van der Waals surface area contributed by atoms with E-state index in [1.54, 1.807) is 0 Å². The highest BCUT2D eigenvalue weighted by molar-refractivity contribution is 5.00. The lowest BCUT2D eigenvalue weighted by Crippen LogP contribution is -2.01. The van der Waals surface area contributed by atoms with Crippen LogP contribution in [-0.2, 0) is 0 Å². The highest BCUT2D eigenvalue weighted by Crippen LogP contribution is 2.22. The molecular weight excluding hydrogens is 144 g/mol. The maximum absolute atomic E-state index is 4.06. The minimum atomic E-state index is 0.731. The average Bonchev–Trinajstić information content (AvgIpc) is 2.11. The van der Waals surface area contributed by atoms with Gasteiger partial charge in [-0.25, -0.2) is 0 Å². The van der Waals surface area contributed by atoms with Crippen LogP contribution in [0.25, 0.3) is 0 Å². The van der Waals surface area contributed by atoms with Crippen LogP contribution in [-0.4, -0.2) is 0 Å². The third-order valence-electron chi connectivity index (χ3n) is 2.55. The molecular formula is C12H23. The van der Waals surface area contributed by atoms with Gasteiger partial charge in [0.05, 0.1) is 0 Å². The molecule has 0 heteroatoms.